The zero-order chi connectivity index (χ0) is 13.9. The van der Waals surface area contributed by atoms with E-state index in [1.165, 1.54) is 6.07 Å². The maximum absolute atomic E-state index is 12.0. The molecule has 1 aromatic heterocycles. The van der Waals surface area contributed by atoms with Crippen molar-refractivity contribution in [2.45, 2.75) is 12.8 Å². The third-order valence-corrected chi connectivity index (χ3v) is 1.75. The zero-order valence-corrected chi connectivity index (χ0v) is 8.65. The number of nitrogen functional groups attached to an aromatic ring is 1. The average molecular weight is 261 g/mol. The van der Waals surface area contributed by atoms with Crippen molar-refractivity contribution in [1.82, 2.24) is 4.98 Å². The van der Waals surface area contributed by atoms with Gasteiger partial charge in [0.25, 0.3) is 0 Å². The van der Waals surface area contributed by atoms with Crippen molar-refractivity contribution in [3.8, 4) is 11.9 Å². The van der Waals surface area contributed by atoms with Gasteiger partial charge in [0.15, 0.2) is 0 Å². The number of halogens is 3. The van der Waals surface area contributed by atoms with E-state index in [4.69, 9.17) is 16.1 Å². The van der Waals surface area contributed by atoms with Gasteiger partial charge in [-0.05, 0) is 6.07 Å². The summed E-state index contributed by atoms with van der Waals surface area (Å²) in [5.41, 5.74) is 4.17. The standard InChI is InChI=1S/C9H6F3N3O3/c10-9(11,12)18-8-5(14)1-4(2-7(16)17)6(3-13)15-8/h1H,2,14H2,(H,16,17). The largest absolute Gasteiger partial charge is 0.574 e. The van der Waals surface area contributed by atoms with Crippen LogP contribution in [-0.4, -0.2) is 22.4 Å². The van der Waals surface area contributed by atoms with Crippen LogP contribution in [0.5, 0.6) is 5.88 Å². The lowest BCUT2D eigenvalue weighted by atomic mass is 10.1. The van der Waals surface area contributed by atoms with Gasteiger partial charge in [0.2, 0.25) is 5.88 Å². The number of aliphatic carboxylic acids is 1. The number of aromatic nitrogens is 1. The van der Waals surface area contributed by atoms with Crippen LogP contribution >= 0.6 is 0 Å². The number of alkyl halides is 3. The highest BCUT2D eigenvalue weighted by Gasteiger charge is 2.33. The third kappa shape index (κ3) is 3.51. The van der Waals surface area contributed by atoms with Gasteiger partial charge in [-0.1, -0.05) is 0 Å². The van der Waals surface area contributed by atoms with E-state index in [1.54, 1.807) is 0 Å². The number of nitrogens with two attached hydrogens (primary N) is 1. The summed E-state index contributed by atoms with van der Waals surface area (Å²) in [5.74, 6) is -2.25. The highest BCUT2D eigenvalue weighted by Crippen LogP contribution is 2.28. The molecule has 0 spiro atoms. The molecule has 1 heterocycles. The molecule has 0 atom stereocenters. The van der Waals surface area contributed by atoms with Crippen LogP contribution in [0.2, 0.25) is 0 Å². The summed E-state index contributed by atoms with van der Waals surface area (Å²) in [6.07, 6.45) is -5.57. The van der Waals surface area contributed by atoms with Crippen molar-refractivity contribution in [2.75, 3.05) is 5.73 Å². The predicted molar refractivity (Wildman–Crippen MR) is 51.4 cm³/mol. The molecule has 0 aliphatic carbocycles. The van der Waals surface area contributed by atoms with Gasteiger partial charge >= 0.3 is 12.3 Å². The molecular weight excluding hydrogens is 255 g/mol. The van der Waals surface area contributed by atoms with Crippen molar-refractivity contribution in [2.24, 2.45) is 0 Å². The number of hydrogen-bond donors (Lipinski definition) is 2. The fourth-order valence-corrected chi connectivity index (χ4v) is 1.14. The van der Waals surface area contributed by atoms with Crippen LogP contribution < -0.4 is 10.5 Å². The first-order valence-corrected chi connectivity index (χ1v) is 4.40. The Bertz CT molecular complexity index is 522. The molecule has 0 unspecified atom stereocenters. The Morgan fingerprint density at radius 1 is 1.61 bits per heavy atom. The van der Waals surface area contributed by atoms with Crippen molar-refractivity contribution in [1.29, 1.82) is 5.26 Å². The molecule has 0 saturated heterocycles. The predicted octanol–water partition coefficient (Wildman–Crippen LogP) is 1.06. The minimum Gasteiger partial charge on any atom is -0.481 e. The number of carbonyl (C=O) groups is 1. The summed E-state index contributed by atoms with van der Waals surface area (Å²) >= 11 is 0. The Labute approximate surface area is 98.4 Å². The Balaban J connectivity index is 3.19. The molecule has 1 rings (SSSR count). The highest BCUT2D eigenvalue weighted by molar-refractivity contribution is 5.72. The molecule has 0 bridgehead atoms. The van der Waals surface area contributed by atoms with E-state index in [0.717, 1.165) is 6.07 Å². The van der Waals surface area contributed by atoms with Gasteiger partial charge in [-0.25, -0.2) is 4.98 Å². The first-order valence-electron chi connectivity index (χ1n) is 4.40. The fraction of sp³-hybridized carbons (Fsp3) is 0.222. The molecule has 0 aliphatic rings. The van der Waals surface area contributed by atoms with Crippen LogP contribution in [0.4, 0.5) is 18.9 Å². The van der Waals surface area contributed by atoms with E-state index in [-0.39, 0.29) is 5.56 Å². The van der Waals surface area contributed by atoms with Crippen molar-refractivity contribution in [3.63, 3.8) is 0 Å². The number of pyridine rings is 1. The van der Waals surface area contributed by atoms with Crippen LogP contribution in [0.25, 0.3) is 0 Å². The van der Waals surface area contributed by atoms with E-state index in [0.29, 0.717) is 0 Å². The molecule has 0 radical (unpaired) electrons. The van der Waals surface area contributed by atoms with Gasteiger partial charge < -0.3 is 15.6 Å². The van der Waals surface area contributed by atoms with Gasteiger partial charge in [0.05, 0.1) is 12.1 Å². The van der Waals surface area contributed by atoms with Crippen molar-refractivity contribution in [3.05, 3.63) is 17.3 Å². The van der Waals surface area contributed by atoms with E-state index in [9.17, 15) is 18.0 Å². The molecular formula is C9H6F3N3O3. The maximum Gasteiger partial charge on any atom is 0.574 e. The first-order chi connectivity index (χ1) is 8.23. The molecule has 1 aromatic rings. The van der Waals surface area contributed by atoms with E-state index in [1.807, 2.05) is 0 Å². The number of rotatable bonds is 3. The lowest BCUT2D eigenvalue weighted by Gasteiger charge is -2.11. The Hall–Kier alpha value is -2.50. The smallest absolute Gasteiger partial charge is 0.481 e. The highest BCUT2D eigenvalue weighted by atomic mass is 19.4. The lowest BCUT2D eigenvalue weighted by Crippen LogP contribution is -2.19. The second kappa shape index (κ2) is 4.79. The summed E-state index contributed by atoms with van der Waals surface area (Å²) in [4.78, 5) is 13.7. The molecule has 0 aliphatic heterocycles. The molecule has 0 aromatic carbocycles. The van der Waals surface area contributed by atoms with Crippen LogP contribution in [0.3, 0.4) is 0 Å². The quantitative estimate of drug-likeness (QED) is 0.841. The van der Waals surface area contributed by atoms with Crippen molar-refractivity contribution < 1.29 is 27.8 Å². The molecule has 6 nitrogen and oxygen atoms in total. The van der Waals surface area contributed by atoms with E-state index >= 15 is 0 Å². The van der Waals surface area contributed by atoms with Crippen LogP contribution in [0, 0.1) is 11.3 Å². The second-order valence-electron chi connectivity index (χ2n) is 3.12. The van der Waals surface area contributed by atoms with E-state index < -0.39 is 36.0 Å². The van der Waals surface area contributed by atoms with Gasteiger partial charge in [-0.2, -0.15) is 5.26 Å². The van der Waals surface area contributed by atoms with Gasteiger partial charge in [0.1, 0.15) is 11.8 Å². The normalized spacial score (nSPS) is 10.8. The molecule has 96 valence electrons. The Kier molecular flexibility index (Phi) is 3.61. The van der Waals surface area contributed by atoms with Gasteiger partial charge in [-0.3, -0.25) is 4.79 Å². The summed E-state index contributed by atoms with van der Waals surface area (Å²) < 4.78 is 39.4. The number of carboxylic acid groups (broad SMARTS) is 1. The number of anilines is 1. The van der Waals surface area contributed by atoms with Crippen LogP contribution in [-0.2, 0) is 11.2 Å². The molecule has 9 heteroatoms. The second-order valence-corrected chi connectivity index (χ2v) is 3.12. The fourth-order valence-electron chi connectivity index (χ4n) is 1.14. The zero-order valence-electron chi connectivity index (χ0n) is 8.65. The minimum atomic E-state index is -5.00. The van der Waals surface area contributed by atoms with Gasteiger partial charge in [-0.15, -0.1) is 13.2 Å². The van der Waals surface area contributed by atoms with Crippen LogP contribution in [0.1, 0.15) is 11.3 Å². The number of nitriles is 1. The number of nitrogens with zero attached hydrogens (tertiary/aromatic N) is 2. The Morgan fingerprint density at radius 2 is 2.22 bits per heavy atom. The average Bonchev–Trinajstić information content (AvgIpc) is 2.19. The van der Waals surface area contributed by atoms with Crippen LogP contribution in [0.15, 0.2) is 6.07 Å². The molecule has 3 N–H and O–H groups in total. The first kappa shape index (κ1) is 13.6. The molecule has 0 saturated carbocycles. The maximum atomic E-state index is 12.0. The summed E-state index contributed by atoms with van der Waals surface area (Å²) in [6.45, 7) is 0. The third-order valence-electron chi connectivity index (χ3n) is 1.75. The molecule has 18 heavy (non-hydrogen) atoms. The summed E-state index contributed by atoms with van der Waals surface area (Å²) in [6, 6.07) is 2.39. The molecule has 0 amide bonds. The van der Waals surface area contributed by atoms with Gasteiger partial charge in [0, 0.05) is 5.56 Å². The SMILES string of the molecule is N#Cc1nc(OC(F)(F)F)c(N)cc1CC(=O)O. The lowest BCUT2D eigenvalue weighted by molar-refractivity contribution is -0.275. The summed E-state index contributed by atoms with van der Waals surface area (Å²) in [7, 11) is 0. The summed E-state index contributed by atoms with van der Waals surface area (Å²) in [5, 5.41) is 17.2. The molecule has 0 fully saturated rings. The minimum absolute atomic E-state index is 0.0861. The topological polar surface area (TPSA) is 109 Å². The van der Waals surface area contributed by atoms with Crippen molar-refractivity contribution >= 4 is 11.7 Å². The number of ether oxygens (including phenoxy) is 1. The van der Waals surface area contributed by atoms with E-state index in [2.05, 4.69) is 9.72 Å². The number of carboxylic acids is 1. The monoisotopic (exact) mass is 261 g/mol. The Morgan fingerprint density at radius 3 is 2.67 bits per heavy atom. The number of hydrogen-bond acceptors (Lipinski definition) is 5.